The summed E-state index contributed by atoms with van der Waals surface area (Å²) in [6, 6.07) is 14.9. The average Bonchev–Trinajstić information content (AvgIpc) is 2.98. The van der Waals surface area contributed by atoms with Crippen molar-refractivity contribution >= 4 is 34.2 Å². The highest BCUT2D eigenvalue weighted by molar-refractivity contribution is 6.31. The quantitative estimate of drug-likeness (QED) is 0.559. The summed E-state index contributed by atoms with van der Waals surface area (Å²) >= 11 is 12.1. The molecule has 0 fully saturated rings. The summed E-state index contributed by atoms with van der Waals surface area (Å²) in [6.07, 6.45) is 1.52. The third-order valence-corrected chi connectivity index (χ3v) is 3.94. The van der Waals surface area contributed by atoms with E-state index in [0.29, 0.717) is 21.6 Å². The largest absolute Gasteiger partial charge is 0.337 e. The Kier molecular flexibility index (Phi) is 3.48. The maximum atomic E-state index is 6.05. The van der Waals surface area contributed by atoms with Gasteiger partial charge >= 0.3 is 0 Å². The van der Waals surface area contributed by atoms with Crippen LogP contribution in [0.5, 0.6) is 0 Å². The van der Waals surface area contributed by atoms with Gasteiger partial charge in [0.25, 0.3) is 0 Å². The molecule has 2 heterocycles. The van der Waals surface area contributed by atoms with Gasteiger partial charge in [-0.3, -0.25) is 0 Å². The smallest absolute Gasteiger partial charge is 0.157 e. The third-order valence-electron chi connectivity index (χ3n) is 3.47. The lowest BCUT2D eigenvalue weighted by Crippen LogP contribution is -1.90. The first-order valence-electron chi connectivity index (χ1n) is 6.93. The highest BCUT2D eigenvalue weighted by Gasteiger charge is 2.09. The lowest BCUT2D eigenvalue weighted by molar-refractivity contribution is 1.15. The summed E-state index contributed by atoms with van der Waals surface area (Å²) in [6.45, 7) is 0. The fourth-order valence-corrected chi connectivity index (χ4v) is 2.76. The summed E-state index contributed by atoms with van der Waals surface area (Å²) in [5.41, 5.74) is 4.14. The molecule has 0 atom stereocenters. The first-order chi connectivity index (χ1) is 11.2. The number of benzene rings is 2. The van der Waals surface area contributed by atoms with Gasteiger partial charge < -0.3 is 4.98 Å². The minimum absolute atomic E-state index is 0.662. The Hall–Kier alpha value is -2.43. The van der Waals surface area contributed by atoms with Crippen LogP contribution in [0.4, 0.5) is 0 Å². The van der Waals surface area contributed by atoms with Crippen molar-refractivity contribution in [1.82, 2.24) is 19.9 Å². The molecule has 23 heavy (non-hydrogen) atoms. The number of nitrogens with one attached hydrogen (secondary N) is 1. The Labute approximate surface area is 142 Å². The molecule has 0 saturated heterocycles. The van der Waals surface area contributed by atoms with Crippen LogP contribution in [-0.2, 0) is 0 Å². The van der Waals surface area contributed by atoms with E-state index in [1.165, 1.54) is 6.33 Å². The molecule has 0 spiro atoms. The van der Waals surface area contributed by atoms with Gasteiger partial charge in [-0.05, 0) is 36.4 Å². The molecule has 6 heteroatoms. The second-order valence-corrected chi connectivity index (χ2v) is 5.92. The van der Waals surface area contributed by atoms with Crippen LogP contribution >= 0.6 is 23.2 Å². The lowest BCUT2D eigenvalue weighted by atomic mass is 10.1. The molecule has 112 valence electrons. The number of fused-ring (bicyclic) bond motifs is 1. The monoisotopic (exact) mass is 340 g/mol. The van der Waals surface area contributed by atoms with Gasteiger partial charge in [0.15, 0.2) is 5.82 Å². The topological polar surface area (TPSA) is 54.5 Å². The molecule has 0 aliphatic heterocycles. The zero-order chi connectivity index (χ0) is 15.8. The first-order valence-corrected chi connectivity index (χ1v) is 7.68. The molecule has 4 aromatic rings. The van der Waals surface area contributed by atoms with Gasteiger partial charge in [0.05, 0.1) is 16.7 Å². The Morgan fingerprint density at radius 2 is 1.65 bits per heavy atom. The molecule has 0 unspecified atom stereocenters. The van der Waals surface area contributed by atoms with Crippen molar-refractivity contribution in [3.05, 3.63) is 64.9 Å². The van der Waals surface area contributed by atoms with Crippen LogP contribution in [-0.4, -0.2) is 19.9 Å². The molecule has 4 rings (SSSR count). The van der Waals surface area contributed by atoms with E-state index in [2.05, 4.69) is 19.9 Å². The number of hydrogen-bond donors (Lipinski definition) is 1. The minimum Gasteiger partial charge on any atom is -0.337 e. The molecule has 0 aliphatic rings. The van der Waals surface area contributed by atoms with Gasteiger partial charge in [0, 0.05) is 15.6 Å². The van der Waals surface area contributed by atoms with Crippen LogP contribution < -0.4 is 0 Å². The van der Waals surface area contributed by atoms with Crippen molar-refractivity contribution in [2.45, 2.75) is 0 Å². The van der Waals surface area contributed by atoms with Gasteiger partial charge in [-0.25, -0.2) is 15.0 Å². The molecule has 0 amide bonds. The van der Waals surface area contributed by atoms with Crippen LogP contribution in [0, 0.1) is 0 Å². The maximum Gasteiger partial charge on any atom is 0.157 e. The second-order valence-electron chi connectivity index (χ2n) is 5.05. The molecular formula is C17H10Cl2N4. The molecule has 1 N–H and O–H groups in total. The Bertz CT molecular complexity index is 1010. The molecule has 4 nitrogen and oxygen atoms in total. The third kappa shape index (κ3) is 2.79. The molecule has 0 aliphatic carbocycles. The van der Waals surface area contributed by atoms with E-state index in [1.807, 2.05) is 48.5 Å². The summed E-state index contributed by atoms with van der Waals surface area (Å²) in [7, 11) is 0. The number of aromatic amines is 1. The number of H-pyrrole nitrogens is 1. The normalized spacial score (nSPS) is 11.0. The molecule has 0 bridgehead atoms. The zero-order valence-corrected chi connectivity index (χ0v) is 13.3. The minimum atomic E-state index is 0.662. The molecule has 0 saturated carbocycles. The van der Waals surface area contributed by atoms with Crippen LogP contribution in [0.2, 0.25) is 10.0 Å². The van der Waals surface area contributed by atoms with Gasteiger partial charge in [0.1, 0.15) is 12.0 Å². The highest BCUT2D eigenvalue weighted by Crippen LogP contribution is 2.25. The summed E-state index contributed by atoms with van der Waals surface area (Å²) < 4.78 is 0. The number of nitrogens with zero attached hydrogens (tertiary/aromatic N) is 3. The van der Waals surface area contributed by atoms with Crippen molar-refractivity contribution in [2.75, 3.05) is 0 Å². The zero-order valence-electron chi connectivity index (χ0n) is 11.8. The molecule has 2 aromatic carbocycles. The van der Waals surface area contributed by atoms with E-state index < -0.39 is 0 Å². The van der Waals surface area contributed by atoms with Crippen LogP contribution in [0.3, 0.4) is 0 Å². The van der Waals surface area contributed by atoms with E-state index in [9.17, 15) is 0 Å². The summed E-state index contributed by atoms with van der Waals surface area (Å²) in [5, 5.41) is 1.33. The number of imidazole rings is 1. The van der Waals surface area contributed by atoms with Gasteiger partial charge in [-0.2, -0.15) is 0 Å². The SMILES string of the molecule is Clc1cccc(-c2cc(-c3nc4ccc(Cl)cc4[nH]3)ncn2)c1. The van der Waals surface area contributed by atoms with Crippen molar-refractivity contribution < 1.29 is 0 Å². The molecule has 2 aromatic heterocycles. The van der Waals surface area contributed by atoms with E-state index in [-0.39, 0.29) is 0 Å². The fraction of sp³-hybridized carbons (Fsp3) is 0. The average molecular weight is 341 g/mol. The summed E-state index contributed by atoms with van der Waals surface area (Å²) in [5.74, 6) is 0.674. The molecule has 0 radical (unpaired) electrons. The number of rotatable bonds is 2. The standard InChI is InChI=1S/C17H10Cl2N4/c18-11-3-1-2-10(6-11)14-8-16(21-9-20-14)17-22-13-5-4-12(19)7-15(13)23-17/h1-9H,(H,22,23). The van der Waals surface area contributed by atoms with Gasteiger partial charge in [0.2, 0.25) is 0 Å². The predicted octanol–water partition coefficient (Wildman–Crippen LogP) is 4.99. The Balaban J connectivity index is 1.80. The van der Waals surface area contributed by atoms with Crippen LogP contribution in [0.25, 0.3) is 33.8 Å². The maximum absolute atomic E-state index is 6.05. The lowest BCUT2D eigenvalue weighted by Gasteiger charge is -2.02. The number of hydrogen-bond acceptors (Lipinski definition) is 3. The van der Waals surface area contributed by atoms with Crippen LogP contribution in [0.15, 0.2) is 54.9 Å². The first kappa shape index (κ1) is 14.2. The Morgan fingerprint density at radius 1 is 0.826 bits per heavy atom. The van der Waals surface area contributed by atoms with E-state index in [1.54, 1.807) is 0 Å². The van der Waals surface area contributed by atoms with Crippen molar-refractivity contribution in [3.63, 3.8) is 0 Å². The highest BCUT2D eigenvalue weighted by atomic mass is 35.5. The van der Waals surface area contributed by atoms with Crippen molar-refractivity contribution in [2.24, 2.45) is 0 Å². The number of halogens is 2. The predicted molar refractivity (Wildman–Crippen MR) is 92.6 cm³/mol. The van der Waals surface area contributed by atoms with Crippen molar-refractivity contribution in [1.29, 1.82) is 0 Å². The Morgan fingerprint density at radius 3 is 2.52 bits per heavy atom. The van der Waals surface area contributed by atoms with Crippen molar-refractivity contribution in [3.8, 4) is 22.8 Å². The van der Waals surface area contributed by atoms with Crippen LogP contribution in [0.1, 0.15) is 0 Å². The van der Waals surface area contributed by atoms with E-state index in [4.69, 9.17) is 23.2 Å². The van der Waals surface area contributed by atoms with Gasteiger partial charge in [-0.15, -0.1) is 0 Å². The second kappa shape index (κ2) is 5.65. The summed E-state index contributed by atoms with van der Waals surface area (Å²) in [4.78, 5) is 16.4. The van der Waals surface area contributed by atoms with E-state index in [0.717, 1.165) is 22.3 Å². The van der Waals surface area contributed by atoms with E-state index >= 15 is 0 Å². The molecular weight excluding hydrogens is 331 g/mol. The number of aromatic nitrogens is 4. The van der Waals surface area contributed by atoms with Gasteiger partial charge in [-0.1, -0.05) is 35.3 Å². The fourth-order valence-electron chi connectivity index (χ4n) is 2.40.